The Kier molecular flexibility index (Phi) is 10.6. The van der Waals surface area contributed by atoms with Gasteiger partial charge in [0.25, 0.3) is 0 Å². The Morgan fingerprint density at radius 2 is 1.91 bits per heavy atom. The molecule has 0 saturated heterocycles. The van der Waals surface area contributed by atoms with E-state index in [4.69, 9.17) is 0 Å². The van der Waals surface area contributed by atoms with Crippen molar-refractivity contribution in [3.05, 3.63) is 17.0 Å². The average molecular weight is 370 g/mol. The molecule has 128 valence electrons. The first-order chi connectivity index (χ1) is 9.95. The fourth-order valence-corrected chi connectivity index (χ4v) is 4.08. The molecule has 0 aliphatic heterocycles. The highest BCUT2D eigenvalue weighted by atomic mass is 35.5. The number of hydrogen-bond acceptors (Lipinski definition) is 5. The molecule has 0 unspecified atom stereocenters. The third kappa shape index (κ3) is 8.09. The molecule has 0 spiro atoms. The number of amides is 1. The molecule has 6 nitrogen and oxygen atoms in total. The van der Waals surface area contributed by atoms with E-state index in [2.05, 4.69) is 22.3 Å². The van der Waals surface area contributed by atoms with Crippen LogP contribution in [0.4, 0.5) is 0 Å². The maximum absolute atomic E-state index is 12.1. The van der Waals surface area contributed by atoms with E-state index in [1.165, 1.54) is 18.3 Å². The molecule has 1 amide bonds. The summed E-state index contributed by atoms with van der Waals surface area (Å²) >= 11 is 1.24. The molecule has 0 fully saturated rings. The van der Waals surface area contributed by atoms with Gasteiger partial charge in [0.15, 0.2) is 0 Å². The van der Waals surface area contributed by atoms with Crippen LogP contribution in [0.5, 0.6) is 0 Å². The minimum absolute atomic E-state index is 0. The SMILES string of the molecule is CCCNCCNS(=O)(=O)c1ccc(CCNC(C)=O)s1.Cl. The van der Waals surface area contributed by atoms with Gasteiger partial charge in [-0.15, -0.1) is 23.7 Å². The van der Waals surface area contributed by atoms with Crippen molar-refractivity contribution in [2.75, 3.05) is 26.2 Å². The van der Waals surface area contributed by atoms with Crippen molar-refractivity contribution in [3.8, 4) is 0 Å². The first-order valence-corrected chi connectivity index (χ1v) is 9.29. The quantitative estimate of drug-likeness (QED) is 0.539. The summed E-state index contributed by atoms with van der Waals surface area (Å²) < 4.78 is 27.0. The molecule has 0 atom stereocenters. The van der Waals surface area contributed by atoms with E-state index in [-0.39, 0.29) is 18.3 Å². The van der Waals surface area contributed by atoms with E-state index in [1.54, 1.807) is 12.1 Å². The highest BCUT2D eigenvalue weighted by molar-refractivity contribution is 7.91. The third-order valence-electron chi connectivity index (χ3n) is 2.67. The lowest BCUT2D eigenvalue weighted by Crippen LogP contribution is -2.31. The highest BCUT2D eigenvalue weighted by Gasteiger charge is 2.15. The molecule has 0 aromatic carbocycles. The molecule has 3 N–H and O–H groups in total. The minimum atomic E-state index is -3.43. The Hall–Kier alpha value is -0.670. The van der Waals surface area contributed by atoms with E-state index in [0.29, 0.717) is 30.3 Å². The van der Waals surface area contributed by atoms with Crippen molar-refractivity contribution in [3.63, 3.8) is 0 Å². The number of nitrogens with one attached hydrogen (secondary N) is 3. The standard InChI is InChI=1S/C13H23N3O3S2.ClH/c1-3-7-14-9-10-16-21(18,19)13-5-4-12(20-13)6-8-15-11(2)17;/h4-5,14,16H,3,6-10H2,1-2H3,(H,15,17);1H. The maximum atomic E-state index is 12.1. The summed E-state index contributed by atoms with van der Waals surface area (Å²) in [6.07, 6.45) is 1.66. The van der Waals surface area contributed by atoms with E-state index in [9.17, 15) is 13.2 Å². The van der Waals surface area contributed by atoms with Gasteiger partial charge in [0.05, 0.1) is 0 Å². The predicted molar refractivity (Wildman–Crippen MR) is 92.3 cm³/mol. The van der Waals surface area contributed by atoms with E-state index in [1.807, 2.05) is 0 Å². The lowest BCUT2D eigenvalue weighted by atomic mass is 10.3. The Labute approximate surface area is 142 Å². The van der Waals surface area contributed by atoms with Crippen molar-refractivity contribution >= 4 is 39.7 Å². The molecule has 0 bridgehead atoms. The number of carbonyl (C=O) groups is 1. The van der Waals surface area contributed by atoms with Gasteiger partial charge in [-0.1, -0.05) is 6.92 Å². The van der Waals surface area contributed by atoms with Gasteiger partial charge >= 0.3 is 0 Å². The van der Waals surface area contributed by atoms with Crippen LogP contribution in [-0.4, -0.2) is 40.5 Å². The van der Waals surface area contributed by atoms with Gasteiger partial charge in [-0.25, -0.2) is 13.1 Å². The van der Waals surface area contributed by atoms with Gasteiger partial charge in [-0.3, -0.25) is 4.79 Å². The Bertz CT molecular complexity index is 546. The lowest BCUT2D eigenvalue weighted by Gasteiger charge is -2.05. The highest BCUT2D eigenvalue weighted by Crippen LogP contribution is 2.21. The van der Waals surface area contributed by atoms with Crippen molar-refractivity contribution in [1.29, 1.82) is 0 Å². The predicted octanol–water partition coefficient (Wildman–Crippen LogP) is 1.13. The molecule has 1 rings (SSSR count). The average Bonchev–Trinajstić information content (AvgIpc) is 2.87. The van der Waals surface area contributed by atoms with Crippen molar-refractivity contribution in [1.82, 2.24) is 15.4 Å². The van der Waals surface area contributed by atoms with Crippen LogP contribution in [0, 0.1) is 0 Å². The van der Waals surface area contributed by atoms with Gasteiger partial charge < -0.3 is 10.6 Å². The van der Waals surface area contributed by atoms with Gasteiger partial charge in [0.2, 0.25) is 15.9 Å². The summed E-state index contributed by atoms with van der Waals surface area (Å²) in [6, 6.07) is 3.39. The van der Waals surface area contributed by atoms with Crippen LogP contribution >= 0.6 is 23.7 Å². The fourth-order valence-electron chi connectivity index (χ4n) is 1.65. The molecule has 9 heteroatoms. The minimum Gasteiger partial charge on any atom is -0.356 e. The molecular formula is C13H24ClN3O3S2. The first kappa shape index (κ1) is 21.3. The van der Waals surface area contributed by atoms with Crippen LogP contribution in [0.2, 0.25) is 0 Å². The largest absolute Gasteiger partial charge is 0.356 e. The van der Waals surface area contributed by atoms with E-state index >= 15 is 0 Å². The second-order valence-corrected chi connectivity index (χ2v) is 7.76. The van der Waals surface area contributed by atoms with Crippen LogP contribution in [0.1, 0.15) is 25.1 Å². The molecular weight excluding hydrogens is 346 g/mol. The molecule has 22 heavy (non-hydrogen) atoms. The smallest absolute Gasteiger partial charge is 0.250 e. The van der Waals surface area contributed by atoms with Crippen molar-refractivity contribution in [2.24, 2.45) is 0 Å². The zero-order valence-corrected chi connectivity index (χ0v) is 15.3. The topological polar surface area (TPSA) is 87.3 Å². The second kappa shape index (κ2) is 11.0. The van der Waals surface area contributed by atoms with E-state index in [0.717, 1.165) is 17.8 Å². The number of carbonyl (C=O) groups excluding carboxylic acids is 1. The zero-order chi connectivity index (χ0) is 15.7. The van der Waals surface area contributed by atoms with Crippen molar-refractivity contribution < 1.29 is 13.2 Å². The molecule has 0 aliphatic rings. The number of thiophene rings is 1. The summed E-state index contributed by atoms with van der Waals surface area (Å²) in [5.41, 5.74) is 0. The molecule has 0 saturated carbocycles. The summed E-state index contributed by atoms with van der Waals surface area (Å²) in [5.74, 6) is -0.0827. The lowest BCUT2D eigenvalue weighted by molar-refractivity contribution is -0.118. The monoisotopic (exact) mass is 369 g/mol. The Balaban J connectivity index is 0.00000441. The van der Waals surface area contributed by atoms with Gasteiger partial charge in [-0.05, 0) is 31.5 Å². The number of hydrogen-bond donors (Lipinski definition) is 3. The van der Waals surface area contributed by atoms with Gasteiger partial charge in [-0.2, -0.15) is 0 Å². The summed E-state index contributed by atoms with van der Waals surface area (Å²) in [5, 5.41) is 5.83. The number of sulfonamides is 1. The number of halogens is 1. The van der Waals surface area contributed by atoms with Gasteiger partial charge in [0, 0.05) is 31.4 Å². The van der Waals surface area contributed by atoms with Crippen molar-refractivity contribution in [2.45, 2.75) is 30.9 Å². The molecule has 0 radical (unpaired) electrons. The van der Waals surface area contributed by atoms with Crippen LogP contribution < -0.4 is 15.4 Å². The molecule has 1 aromatic heterocycles. The van der Waals surface area contributed by atoms with E-state index < -0.39 is 10.0 Å². The van der Waals surface area contributed by atoms with Crippen LogP contribution in [-0.2, 0) is 21.2 Å². The molecule has 1 aromatic rings. The first-order valence-electron chi connectivity index (χ1n) is 6.99. The van der Waals surface area contributed by atoms with Crippen LogP contribution in [0.15, 0.2) is 16.3 Å². The second-order valence-electron chi connectivity index (χ2n) is 4.60. The molecule has 0 aliphatic carbocycles. The maximum Gasteiger partial charge on any atom is 0.250 e. The van der Waals surface area contributed by atoms with Crippen LogP contribution in [0.25, 0.3) is 0 Å². The normalized spacial score (nSPS) is 11.0. The summed E-state index contributed by atoms with van der Waals surface area (Å²) in [4.78, 5) is 11.7. The zero-order valence-electron chi connectivity index (χ0n) is 12.8. The Morgan fingerprint density at radius 1 is 1.18 bits per heavy atom. The summed E-state index contributed by atoms with van der Waals surface area (Å²) in [7, 11) is -3.43. The Morgan fingerprint density at radius 3 is 2.55 bits per heavy atom. The van der Waals surface area contributed by atoms with Gasteiger partial charge in [0.1, 0.15) is 4.21 Å². The number of rotatable bonds is 10. The molecule has 1 heterocycles. The van der Waals surface area contributed by atoms with Crippen LogP contribution in [0.3, 0.4) is 0 Å². The summed E-state index contributed by atoms with van der Waals surface area (Å²) in [6.45, 7) is 5.92. The third-order valence-corrected chi connectivity index (χ3v) is 5.77. The fraction of sp³-hybridized carbons (Fsp3) is 0.615.